The van der Waals surface area contributed by atoms with Gasteiger partial charge in [0.2, 0.25) is 5.91 Å². The number of rotatable bonds is 4. The molecule has 5 heteroatoms. The maximum Gasteiger partial charge on any atom is 0.237 e. The minimum absolute atomic E-state index is 0.0245. The minimum Gasteiger partial charge on any atom is -0.352 e. The highest BCUT2D eigenvalue weighted by Crippen LogP contribution is 2.35. The molecule has 1 aliphatic carbocycles. The lowest BCUT2D eigenvalue weighted by atomic mass is 9.89. The molecule has 0 radical (unpaired) electrons. The number of amides is 1. The van der Waals surface area contributed by atoms with Gasteiger partial charge in [-0.05, 0) is 18.8 Å². The summed E-state index contributed by atoms with van der Waals surface area (Å²) in [4.78, 5) is 12.0. The molecule has 1 saturated heterocycles. The Kier molecular flexibility index (Phi) is 4.81. The van der Waals surface area contributed by atoms with Gasteiger partial charge in [-0.3, -0.25) is 4.79 Å². The molecule has 2 fully saturated rings. The zero-order valence-corrected chi connectivity index (χ0v) is 12.0. The van der Waals surface area contributed by atoms with Crippen molar-refractivity contribution in [2.75, 3.05) is 13.2 Å². The molecule has 19 heavy (non-hydrogen) atoms. The number of carbonyl (C=O) groups excluding carboxylic acids is 1. The first-order valence-corrected chi connectivity index (χ1v) is 7.40. The maximum absolute atomic E-state index is 12.0. The molecule has 2 rings (SSSR count). The van der Waals surface area contributed by atoms with Crippen LogP contribution in [0, 0.1) is 5.92 Å². The van der Waals surface area contributed by atoms with Gasteiger partial charge >= 0.3 is 0 Å². The Labute approximate surface area is 115 Å². The van der Waals surface area contributed by atoms with Crippen LogP contribution in [0.2, 0.25) is 0 Å². The molecule has 0 aromatic heterocycles. The molecule has 0 bridgehead atoms. The summed E-state index contributed by atoms with van der Waals surface area (Å²) in [5.74, 6) is -0.167. The highest BCUT2D eigenvalue weighted by molar-refractivity contribution is 5.82. The molecule has 3 N–H and O–H groups in total. The quantitative estimate of drug-likeness (QED) is 0.804. The van der Waals surface area contributed by atoms with E-state index >= 15 is 0 Å². The molecule has 0 aromatic carbocycles. The number of nitrogens with one attached hydrogen (secondary N) is 1. The first kappa shape index (κ1) is 14.8. The molecule has 2 unspecified atom stereocenters. The Bertz CT molecular complexity index is 306. The van der Waals surface area contributed by atoms with E-state index in [1.165, 1.54) is 0 Å². The van der Waals surface area contributed by atoms with E-state index in [2.05, 4.69) is 12.2 Å². The summed E-state index contributed by atoms with van der Waals surface area (Å²) in [7, 11) is 0. The summed E-state index contributed by atoms with van der Waals surface area (Å²) in [5.41, 5.74) is 5.94. The Balaban J connectivity index is 1.77. The van der Waals surface area contributed by atoms with Crippen LogP contribution in [-0.4, -0.2) is 37.0 Å². The lowest BCUT2D eigenvalue weighted by molar-refractivity contribution is -0.180. The second-order valence-corrected chi connectivity index (χ2v) is 5.80. The van der Waals surface area contributed by atoms with Crippen molar-refractivity contribution >= 4 is 5.91 Å². The van der Waals surface area contributed by atoms with Gasteiger partial charge in [0.25, 0.3) is 0 Å². The van der Waals surface area contributed by atoms with Gasteiger partial charge in [-0.15, -0.1) is 0 Å². The van der Waals surface area contributed by atoms with Crippen molar-refractivity contribution in [1.29, 1.82) is 0 Å². The fourth-order valence-corrected chi connectivity index (χ4v) is 2.80. The molecule has 1 aliphatic heterocycles. The average molecular weight is 270 g/mol. The number of hydrogen-bond acceptors (Lipinski definition) is 4. The van der Waals surface area contributed by atoms with Crippen LogP contribution in [0.1, 0.15) is 46.0 Å². The van der Waals surface area contributed by atoms with Gasteiger partial charge in [-0.2, -0.15) is 0 Å². The van der Waals surface area contributed by atoms with Crippen LogP contribution >= 0.6 is 0 Å². The molecular weight excluding hydrogens is 244 g/mol. The van der Waals surface area contributed by atoms with Gasteiger partial charge in [0.05, 0.1) is 19.3 Å². The van der Waals surface area contributed by atoms with E-state index in [0.29, 0.717) is 13.2 Å². The van der Waals surface area contributed by atoms with E-state index < -0.39 is 6.04 Å². The van der Waals surface area contributed by atoms with Crippen molar-refractivity contribution in [3.05, 3.63) is 0 Å². The van der Waals surface area contributed by atoms with Crippen molar-refractivity contribution in [2.24, 2.45) is 11.7 Å². The number of hydrogen-bond donors (Lipinski definition) is 2. The van der Waals surface area contributed by atoms with Crippen LogP contribution in [-0.2, 0) is 14.3 Å². The van der Waals surface area contributed by atoms with Gasteiger partial charge < -0.3 is 20.5 Å². The van der Waals surface area contributed by atoms with E-state index in [1.807, 2.05) is 6.92 Å². The standard InChI is InChI=1S/C14H26N2O3/c1-3-10(2)12(15)13(17)16-11-4-6-14(7-5-11)18-8-9-19-14/h10-12H,3-9,15H2,1-2H3,(H,16,17). The van der Waals surface area contributed by atoms with Gasteiger partial charge in [0.15, 0.2) is 5.79 Å². The second kappa shape index (κ2) is 6.20. The van der Waals surface area contributed by atoms with Gasteiger partial charge in [0, 0.05) is 18.9 Å². The van der Waals surface area contributed by atoms with E-state index in [-0.39, 0.29) is 23.7 Å². The van der Waals surface area contributed by atoms with Crippen molar-refractivity contribution in [1.82, 2.24) is 5.32 Å². The molecule has 2 atom stereocenters. The zero-order chi connectivity index (χ0) is 13.9. The topological polar surface area (TPSA) is 73.6 Å². The van der Waals surface area contributed by atoms with Crippen LogP contribution < -0.4 is 11.1 Å². The number of nitrogens with two attached hydrogens (primary N) is 1. The molecule has 2 aliphatic rings. The Hall–Kier alpha value is -0.650. The first-order valence-electron chi connectivity index (χ1n) is 7.40. The summed E-state index contributed by atoms with van der Waals surface area (Å²) >= 11 is 0. The number of ether oxygens (including phenoxy) is 2. The van der Waals surface area contributed by atoms with Crippen molar-refractivity contribution in [3.8, 4) is 0 Å². The molecule has 1 heterocycles. The average Bonchev–Trinajstić information content (AvgIpc) is 2.88. The van der Waals surface area contributed by atoms with Crippen LogP contribution in [0.15, 0.2) is 0 Å². The number of carbonyl (C=O) groups is 1. The summed E-state index contributed by atoms with van der Waals surface area (Å²) in [6, 6.07) is -0.194. The normalized spacial score (nSPS) is 26.3. The zero-order valence-electron chi connectivity index (χ0n) is 12.0. The monoisotopic (exact) mass is 270 g/mol. The predicted molar refractivity (Wildman–Crippen MR) is 72.5 cm³/mol. The smallest absolute Gasteiger partial charge is 0.237 e. The van der Waals surface area contributed by atoms with Crippen molar-refractivity contribution < 1.29 is 14.3 Å². The molecule has 1 amide bonds. The predicted octanol–water partition coefficient (Wildman–Crippen LogP) is 1.16. The Morgan fingerprint density at radius 1 is 1.37 bits per heavy atom. The molecule has 1 saturated carbocycles. The van der Waals surface area contributed by atoms with E-state index in [4.69, 9.17) is 15.2 Å². The fourth-order valence-electron chi connectivity index (χ4n) is 2.80. The lowest BCUT2D eigenvalue weighted by Crippen LogP contribution is -2.50. The Morgan fingerprint density at radius 3 is 2.47 bits per heavy atom. The third kappa shape index (κ3) is 3.46. The molecular formula is C14H26N2O3. The van der Waals surface area contributed by atoms with Crippen LogP contribution in [0.3, 0.4) is 0 Å². The highest BCUT2D eigenvalue weighted by Gasteiger charge is 2.40. The minimum atomic E-state index is -0.403. The third-order valence-electron chi connectivity index (χ3n) is 4.47. The largest absolute Gasteiger partial charge is 0.352 e. The fraction of sp³-hybridized carbons (Fsp3) is 0.929. The highest BCUT2D eigenvalue weighted by atomic mass is 16.7. The van der Waals surface area contributed by atoms with Crippen LogP contribution in [0.25, 0.3) is 0 Å². The van der Waals surface area contributed by atoms with Gasteiger partial charge in [0.1, 0.15) is 0 Å². The van der Waals surface area contributed by atoms with Gasteiger partial charge in [-0.25, -0.2) is 0 Å². The van der Waals surface area contributed by atoms with Crippen LogP contribution in [0.4, 0.5) is 0 Å². The van der Waals surface area contributed by atoms with E-state index in [1.54, 1.807) is 0 Å². The second-order valence-electron chi connectivity index (χ2n) is 5.80. The molecule has 5 nitrogen and oxygen atoms in total. The first-order chi connectivity index (χ1) is 9.06. The summed E-state index contributed by atoms with van der Waals surface area (Å²) in [6.45, 7) is 5.45. The summed E-state index contributed by atoms with van der Waals surface area (Å²) < 4.78 is 11.4. The summed E-state index contributed by atoms with van der Waals surface area (Å²) in [5, 5.41) is 3.07. The SMILES string of the molecule is CCC(C)C(N)C(=O)NC1CCC2(CC1)OCCO2. The third-order valence-corrected chi connectivity index (χ3v) is 4.47. The van der Waals surface area contributed by atoms with Crippen molar-refractivity contribution in [3.63, 3.8) is 0 Å². The van der Waals surface area contributed by atoms with E-state index in [9.17, 15) is 4.79 Å². The van der Waals surface area contributed by atoms with E-state index in [0.717, 1.165) is 32.1 Å². The Morgan fingerprint density at radius 2 is 1.95 bits per heavy atom. The molecule has 0 aromatic rings. The molecule has 110 valence electrons. The van der Waals surface area contributed by atoms with Crippen molar-refractivity contribution in [2.45, 2.75) is 63.8 Å². The van der Waals surface area contributed by atoms with Crippen LogP contribution in [0.5, 0.6) is 0 Å². The van der Waals surface area contributed by atoms with Gasteiger partial charge in [-0.1, -0.05) is 20.3 Å². The summed E-state index contributed by atoms with van der Waals surface area (Å²) in [6.07, 6.45) is 4.44. The lowest BCUT2D eigenvalue weighted by Gasteiger charge is -2.36. The molecule has 1 spiro atoms. The maximum atomic E-state index is 12.0.